The molecule has 0 fully saturated rings. The van der Waals surface area contributed by atoms with Crippen LogP contribution in [0.1, 0.15) is 27.2 Å². The summed E-state index contributed by atoms with van der Waals surface area (Å²) in [4.78, 5) is 25.6. The largest absolute Gasteiger partial charge is 0.461 e. The highest BCUT2D eigenvalue weighted by Gasteiger charge is 2.14. The van der Waals surface area contributed by atoms with Gasteiger partial charge in [-0.15, -0.1) is 0 Å². The Balaban J connectivity index is 2.82. The Morgan fingerprint density at radius 1 is 1.38 bits per heavy atom. The van der Waals surface area contributed by atoms with Crippen LogP contribution in [0.5, 0.6) is 6.01 Å². The van der Waals surface area contributed by atoms with E-state index < -0.39 is 0 Å². The topological polar surface area (TPSA) is 118 Å². The van der Waals surface area contributed by atoms with Gasteiger partial charge in [0.2, 0.25) is 17.8 Å². The average molecular weight is 297 g/mol. The summed E-state index contributed by atoms with van der Waals surface area (Å²) in [6, 6.07) is 0.156. The molecule has 1 aromatic rings. The second kappa shape index (κ2) is 8.20. The van der Waals surface area contributed by atoms with E-state index in [0.717, 1.165) is 6.42 Å². The standard InChI is InChI=1S/C12H23N7O2/c1-5-6-14-9(20)7-19(4)11-15-10(18-13)16-12(17-11)21-8(2)3/h8H,5-7,13H2,1-4H3,(H,14,20)(H,15,16,17,18). The molecule has 118 valence electrons. The molecule has 9 nitrogen and oxygen atoms in total. The summed E-state index contributed by atoms with van der Waals surface area (Å²) in [6.45, 7) is 6.49. The molecule has 1 heterocycles. The molecule has 9 heteroatoms. The number of nitrogens with one attached hydrogen (secondary N) is 2. The third-order valence-electron chi connectivity index (χ3n) is 2.37. The molecule has 0 saturated carbocycles. The Kier molecular flexibility index (Phi) is 6.60. The lowest BCUT2D eigenvalue weighted by Crippen LogP contribution is -2.36. The Morgan fingerprint density at radius 3 is 2.67 bits per heavy atom. The summed E-state index contributed by atoms with van der Waals surface area (Å²) in [5.41, 5.74) is 2.35. The van der Waals surface area contributed by atoms with Crippen LogP contribution in [0.4, 0.5) is 11.9 Å². The molecule has 0 radical (unpaired) electrons. The molecule has 0 saturated heterocycles. The molecular weight excluding hydrogens is 274 g/mol. The van der Waals surface area contributed by atoms with Crippen molar-refractivity contribution >= 4 is 17.8 Å². The summed E-state index contributed by atoms with van der Waals surface area (Å²) < 4.78 is 5.43. The molecule has 0 aliphatic carbocycles. The van der Waals surface area contributed by atoms with Gasteiger partial charge in [0.15, 0.2) is 0 Å². The number of hydrazine groups is 1. The number of ether oxygens (including phenoxy) is 1. The number of amides is 1. The summed E-state index contributed by atoms with van der Waals surface area (Å²) in [5, 5.41) is 2.79. The van der Waals surface area contributed by atoms with Crippen molar-refractivity contribution < 1.29 is 9.53 Å². The second-order valence-electron chi connectivity index (χ2n) is 4.76. The van der Waals surface area contributed by atoms with Crippen LogP contribution in [0.15, 0.2) is 0 Å². The number of likely N-dealkylation sites (N-methyl/N-ethyl adjacent to an activating group) is 1. The van der Waals surface area contributed by atoms with Crippen molar-refractivity contribution in [3.63, 3.8) is 0 Å². The molecule has 0 spiro atoms. The zero-order valence-electron chi connectivity index (χ0n) is 12.9. The van der Waals surface area contributed by atoms with Gasteiger partial charge in [0.25, 0.3) is 0 Å². The van der Waals surface area contributed by atoms with Crippen LogP contribution in [-0.4, -0.2) is 47.1 Å². The Labute approximate surface area is 124 Å². The maximum Gasteiger partial charge on any atom is 0.323 e. The number of nitrogens with zero attached hydrogens (tertiary/aromatic N) is 4. The monoisotopic (exact) mass is 297 g/mol. The molecule has 4 N–H and O–H groups in total. The van der Waals surface area contributed by atoms with Crippen LogP contribution in [0.2, 0.25) is 0 Å². The van der Waals surface area contributed by atoms with Crippen molar-refractivity contribution in [2.45, 2.75) is 33.3 Å². The maximum atomic E-state index is 11.7. The van der Waals surface area contributed by atoms with Gasteiger partial charge >= 0.3 is 6.01 Å². The Bertz CT molecular complexity index is 467. The number of nitrogen functional groups attached to an aromatic ring is 1. The molecule has 1 rings (SSSR count). The minimum absolute atomic E-state index is 0.0796. The van der Waals surface area contributed by atoms with Gasteiger partial charge in [0, 0.05) is 13.6 Å². The number of carbonyl (C=O) groups is 1. The van der Waals surface area contributed by atoms with Gasteiger partial charge in [-0.1, -0.05) is 6.92 Å². The highest BCUT2D eigenvalue weighted by atomic mass is 16.5. The first kappa shape index (κ1) is 16.9. The van der Waals surface area contributed by atoms with Gasteiger partial charge in [-0.2, -0.15) is 15.0 Å². The highest BCUT2D eigenvalue weighted by Crippen LogP contribution is 2.14. The number of rotatable bonds is 8. The fourth-order valence-corrected chi connectivity index (χ4v) is 1.45. The Morgan fingerprint density at radius 2 is 2.10 bits per heavy atom. The van der Waals surface area contributed by atoms with Crippen LogP contribution < -0.4 is 26.2 Å². The van der Waals surface area contributed by atoms with Gasteiger partial charge in [-0.3, -0.25) is 10.2 Å². The van der Waals surface area contributed by atoms with E-state index in [0.29, 0.717) is 12.5 Å². The fraction of sp³-hybridized carbons (Fsp3) is 0.667. The number of nitrogens with two attached hydrogens (primary N) is 1. The fourth-order valence-electron chi connectivity index (χ4n) is 1.45. The van der Waals surface area contributed by atoms with Crippen LogP contribution in [0.25, 0.3) is 0 Å². The van der Waals surface area contributed by atoms with Crippen molar-refractivity contribution in [3.8, 4) is 6.01 Å². The van der Waals surface area contributed by atoms with E-state index in [4.69, 9.17) is 10.6 Å². The van der Waals surface area contributed by atoms with E-state index in [9.17, 15) is 4.79 Å². The molecule has 0 atom stereocenters. The molecule has 21 heavy (non-hydrogen) atoms. The van der Waals surface area contributed by atoms with E-state index >= 15 is 0 Å². The van der Waals surface area contributed by atoms with E-state index in [2.05, 4.69) is 25.7 Å². The van der Waals surface area contributed by atoms with Gasteiger partial charge in [0.05, 0.1) is 12.6 Å². The van der Waals surface area contributed by atoms with E-state index in [1.165, 1.54) is 0 Å². The number of aromatic nitrogens is 3. The zero-order valence-corrected chi connectivity index (χ0v) is 12.9. The van der Waals surface area contributed by atoms with Gasteiger partial charge in [0.1, 0.15) is 0 Å². The lowest BCUT2D eigenvalue weighted by molar-refractivity contribution is -0.119. The predicted molar refractivity (Wildman–Crippen MR) is 80.0 cm³/mol. The van der Waals surface area contributed by atoms with E-state index in [1.54, 1.807) is 11.9 Å². The summed E-state index contributed by atoms with van der Waals surface area (Å²) in [5.74, 6) is 5.71. The average Bonchev–Trinajstić information content (AvgIpc) is 2.43. The number of carbonyl (C=O) groups excluding carboxylic acids is 1. The van der Waals surface area contributed by atoms with Crippen LogP contribution in [0, 0.1) is 0 Å². The van der Waals surface area contributed by atoms with Crippen molar-refractivity contribution in [2.24, 2.45) is 5.84 Å². The first-order valence-electron chi connectivity index (χ1n) is 6.83. The highest BCUT2D eigenvalue weighted by molar-refractivity contribution is 5.80. The van der Waals surface area contributed by atoms with Crippen LogP contribution in [-0.2, 0) is 4.79 Å². The van der Waals surface area contributed by atoms with Crippen molar-refractivity contribution in [1.29, 1.82) is 0 Å². The molecule has 1 amide bonds. The van der Waals surface area contributed by atoms with Gasteiger partial charge in [-0.25, -0.2) is 5.84 Å². The quantitative estimate of drug-likeness (QED) is 0.450. The minimum atomic E-state index is -0.103. The maximum absolute atomic E-state index is 11.7. The number of hydrogen-bond acceptors (Lipinski definition) is 8. The molecule has 0 aliphatic rings. The summed E-state index contributed by atoms with van der Waals surface area (Å²) in [6.07, 6.45) is 0.804. The SMILES string of the molecule is CCCNC(=O)CN(C)c1nc(NN)nc(OC(C)C)n1. The molecule has 0 unspecified atom stereocenters. The van der Waals surface area contributed by atoms with E-state index in [-0.39, 0.29) is 30.5 Å². The third-order valence-corrected chi connectivity index (χ3v) is 2.37. The minimum Gasteiger partial charge on any atom is -0.461 e. The smallest absolute Gasteiger partial charge is 0.323 e. The zero-order chi connectivity index (χ0) is 15.8. The molecule has 0 aliphatic heterocycles. The van der Waals surface area contributed by atoms with Gasteiger partial charge in [-0.05, 0) is 20.3 Å². The third kappa shape index (κ3) is 5.78. The molecule has 1 aromatic heterocycles. The lowest BCUT2D eigenvalue weighted by atomic mass is 10.4. The Hall–Kier alpha value is -2.16. The van der Waals surface area contributed by atoms with Crippen molar-refractivity contribution in [2.75, 3.05) is 30.5 Å². The molecular formula is C12H23N7O2. The molecule has 0 aromatic carbocycles. The predicted octanol–water partition coefficient (Wildman–Crippen LogP) is -0.0932. The van der Waals surface area contributed by atoms with Gasteiger partial charge < -0.3 is 15.0 Å². The second-order valence-corrected chi connectivity index (χ2v) is 4.76. The summed E-state index contributed by atoms with van der Waals surface area (Å²) >= 11 is 0. The lowest BCUT2D eigenvalue weighted by Gasteiger charge is -2.18. The van der Waals surface area contributed by atoms with Crippen molar-refractivity contribution in [1.82, 2.24) is 20.3 Å². The molecule has 0 bridgehead atoms. The van der Waals surface area contributed by atoms with Crippen molar-refractivity contribution in [3.05, 3.63) is 0 Å². The number of hydrogen-bond donors (Lipinski definition) is 3. The first-order valence-corrected chi connectivity index (χ1v) is 6.83. The summed E-state index contributed by atoms with van der Waals surface area (Å²) in [7, 11) is 1.71. The van der Waals surface area contributed by atoms with E-state index in [1.807, 2.05) is 20.8 Å². The van der Waals surface area contributed by atoms with Crippen LogP contribution in [0.3, 0.4) is 0 Å². The number of anilines is 2. The normalized spacial score (nSPS) is 10.4. The van der Waals surface area contributed by atoms with Crippen LogP contribution >= 0.6 is 0 Å². The first-order chi connectivity index (χ1) is 9.96.